The standard InChI is InChI=1S/C18H22N2OS2/c21-18(20-9-5-16-14(13-20)7-12-23-16)6-10-19-8-1-3-15(19)17-4-2-11-22-17/h2,4,7,11-12,15H,1,3,5-6,8-10,13H2. The Morgan fingerprint density at radius 1 is 1.22 bits per heavy atom. The molecule has 4 rings (SSSR count). The summed E-state index contributed by atoms with van der Waals surface area (Å²) >= 11 is 3.67. The van der Waals surface area contributed by atoms with Crippen molar-refractivity contribution in [1.29, 1.82) is 0 Å². The first-order valence-corrected chi connectivity index (χ1v) is 10.2. The third-order valence-corrected chi connectivity index (χ3v) is 7.01. The summed E-state index contributed by atoms with van der Waals surface area (Å²) in [5, 5.41) is 4.30. The van der Waals surface area contributed by atoms with Gasteiger partial charge in [0.15, 0.2) is 0 Å². The molecule has 3 nitrogen and oxygen atoms in total. The van der Waals surface area contributed by atoms with E-state index in [2.05, 4.69) is 33.9 Å². The summed E-state index contributed by atoms with van der Waals surface area (Å²) < 4.78 is 0. The van der Waals surface area contributed by atoms with Gasteiger partial charge >= 0.3 is 0 Å². The van der Waals surface area contributed by atoms with Gasteiger partial charge in [-0.3, -0.25) is 9.69 Å². The third kappa shape index (κ3) is 3.23. The van der Waals surface area contributed by atoms with Crippen LogP contribution < -0.4 is 0 Å². The molecule has 0 aromatic carbocycles. The average Bonchev–Trinajstić information content (AvgIpc) is 3.31. The van der Waals surface area contributed by atoms with Gasteiger partial charge < -0.3 is 4.90 Å². The summed E-state index contributed by atoms with van der Waals surface area (Å²) in [5.41, 5.74) is 1.35. The first-order valence-electron chi connectivity index (χ1n) is 8.42. The molecule has 2 aromatic rings. The highest BCUT2D eigenvalue weighted by Crippen LogP contribution is 2.34. The van der Waals surface area contributed by atoms with Gasteiger partial charge in [0, 0.05) is 41.9 Å². The zero-order chi connectivity index (χ0) is 15.6. The quantitative estimate of drug-likeness (QED) is 0.838. The molecular formula is C18H22N2OS2. The molecule has 1 unspecified atom stereocenters. The number of fused-ring (bicyclic) bond motifs is 1. The van der Waals surface area contributed by atoms with Crippen molar-refractivity contribution in [2.45, 2.75) is 38.3 Å². The number of thiophene rings is 2. The number of hydrogen-bond acceptors (Lipinski definition) is 4. The van der Waals surface area contributed by atoms with Crippen LogP contribution in [-0.2, 0) is 17.8 Å². The van der Waals surface area contributed by atoms with E-state index >= 15 is 0 Å². The second kappa shape index (κ2) is 6.75. The lowest BCUT2D eigenvalue weighted by Crippen LogP contribution is -2.37. The number of likely N-dealkylation sites (tertiary alicyclic amines) is 1. The molecule has 23 heavy (non-hydrogen) atoms. The van der Waals surface area contributed by atoms with E-state index < -0.39 is 0 Å². The fourth-order valence-corrected chi connectivity index (χ4v) is 5.54. The maximum Gasteiger partial charge on any atom is 0.224 e. The highest BCUT2D eigenvalue weighted by Gasteiger charge is 2.28. The minimum Gasteiger partial charge on any atom is -0.338 e. The topological polar surface area (TPSA) is 23.6 Å². The van der Waals surface area contributed by atoms with E-state index in [-0.39, 0.29) is 0 Å². The maximum absolute atomic E-state index is 12.6. The van der Waals surface area contributed by atoms with Crippen molar-refractivity contribution in [1.82, 2.24) is 9.80 Å². The largest absolute Gasteiger partial charge is 0.338 e. The first kappa shape index (κ1) is 15.4. The average molecular weight is 347 g/mol. The Morgan fingerprint density at radius 2 is 2.17 bits per heavy atom. The highest BCUT2D eigenvalue weighted by atomic mass is 32.1. The molecule has 1 fully saturated rings. The molecular weight excluding hydrogens is 324 g/mol. The second-order valence-corrected chi connectivity index (χ2v) is 8.37. The van der Waals surface area contributed by atoms with Gasteiger partial charge in [-0.2, -0.15) is 0 Å². The smallest absolute Gasteiger partial charge is 0.224 e. The van der Waals surface area contributed by atoms with E-state index in [0.29, 0.717) is 18.4 Å². The van der Waals surface area contributed by atoms with E-state index in [1.54, 1.807) is 0 Å². The van der Waals surface area contributed by atoms with E-state index in [0.717, 1.165) is 32.6 Å². The van der Waals surface area contributed by atoms with Crippen LogP contribution in [-0.4, -0.2) is 35.3 Å². The van der Waals surface area contributed by atoms with Gasteiger partial charge in [0.1, 0.15) is 0 Å². The molecule has 2 aliphatic rings. The number of carbonyl (C=O) groups is 1. The number of amides is 1. The molecule has 122 valence electrons. The number of rotatable bonds is 4. The van der Waals surface area contributed by atoms with Crippen LogP contribution in [0.25, 0.3) is 0 Å². The maximum atomic E-state index is 12.6. The van der Waals surface area contributed by atoms with Crippen LogP contribution in [0.2, 0.25) is 0 Å². The molecule has 2 aliphatic heterocycles. The fourth-order valence-electron chi connectivity index (χ4n) is 3.76. The molecule has 0 N–H and O–H groups in total. The van der Waals surface area contributed by atoms with Crippen molar-refractivity contribution in [2.75, 3.05) is 19.6 Å². The van der Waals surface area contributed by atoms with Crippen molar-refractivity contribution in [3.63, 3.8) is 0 Å². The second-order valence-electron chi connectivity index (χ2n) is 6.39. The summed E-state index contributed by atoms with van der Waals surface area (Å²) in [5.74, 6) is 0.318. The highest BCUT2D eigenvalue weighted by molar-refractivity contribution is 7.10. The SMILES string of the molecule is O=C(CCN1CCCC1c1cccs1)N1CCc2sccc2C1. The predicted octanol–water partition coefficient (Wildman–Crippen LogP) is 3.92. The molecule has 2 aromatic heterocycles. The van der Waals surface area contributed by atoms with E-state index in [9.17, 15) is 4.79 Å². The van der Waals surface area contributed by atoms with Gasteiger partial charge in [0.05, 0.1) is 0 Å². The number of nitrogens with zero attached hydrogens (tertiary/aromatic N) is 2. The summed E-state index contributed by atoms with van der Waals surface area (Å²) in [6.07, 6.45) is 4.16. The van der Waals surface area contributed by atoms with Crippen molar-refractivity contribution in [3.8, 4) is 0 Å². The number of carbonyl (C=O) groups excluding carboxylic acids is 1. The molecule has 0 spiro atoms. The van der Waals surface area contributed by atoms with Gasteiger partial charge in [-0.05, 0) is 54.3 Å². The summed E-state index contributed by atoms with van der Waals surface area (Å²) in [6.45, 7) is 3.73. The van der Waals surface area contributed by atoms with E-state index in [1.165, 1.54) is 28.2 Å². The molecule has 5 heteroatoms. The van der Waals surface area contributed by atoms with Crippen molar-refractivity contribution in [2.24, 2.45) is 0 Å². The van der Waals surface area contributed by atoms with Gasteiger partial charge in [-0.1, -0.05) is 6.07 Å². The molecule has 0 radical (unpaired) electrons. The molecule has 0 aliphatic carbocycles. The Bertz CT molecular complexity index is 664. The fraction of sp³-hybridized carbons (Fsp3) is 0.500. The Hall–Kier alpha value is -1.17. The zero-order valence-electron chi connectivity index (χ0n) is 13.2. The van der Waals surface area contributed by atoms with Crippen molar-refractivity contribution in [3.05, 3.63) is 44.3 Å². The van der Waals surface area contributed by atoms with Crippen molar-refractivity contribution >= 4 is 28.6 Å². The Kier molecular flexibility index (Phi) is 4.51. The van der Waals surface area contributed by atoms with Crippen LogP contribution in [0.4, 0.5) is 0 Å². The van der Waals surface area contributed by atoms with E-state index in [1.807, 2.05) is 27.6 Å². The Balaban J connectivity index is 1.33. The number of hydrogen-bond donors (Lipinski definition) is 0. The minimum absolute atomic E-state index is 0.318. The van der Waals surface area contributed by atoms with E-state index in [4.69, 9.17) is 0 Å². The summed E-state index contributed by atoms with van der Waals surface area (Å²) in [7, 11) is 0. The van der Waals surface area contributed by atoms with Crippen LogP contribution in [0.15, 0.2) is 29.0 Å². The lowest BCUT2D eigenvalue weighted by Gasteiger charge is -2.29. The zero-order valence-corrected chi connectivity index (χ0v) is 14.9. The normalized spacial score (nSPS) is 21.6. The lowest BCUT2D eigenvalue weighted by molar-refractivity contribution is -0.132. The molecule has 0 bridgehead atoms. The summed E-state index contributed by atoms with van der Waals surface area (Å²) in [6, 6.07) is 7.08. The molecule has 1 atom stereocenters. The molecule has 1 amide bonds. The van der Waals surface area contributed by atoms with Crippen LogP contribution in [0.1, 0.15) is 40.6 Å². The van der Waals surface area contributed by atoms with Crippen LogP contribution in [0.3, 0.4) is 0 Å². The van der Waals surface area contributed by atoms with Gasteiger partial charge in [-0.25, -0.2) is 0 Å². The van der Waals surface area contributed by atoms with Crippen molar-refractivity contribution < 1.29 is 4.79 Å². The Morgan fingerprint density at radius 3 is 3.04 bits per heavy atom. The molecule has 0 saturated carbocycles. The first-order chi connectivity index (χ1) is 11.3. The van der Waals surface area contributed by atoms with Gasteiger partial charge in [-0.15, -0.1) is 22.7 Å². The van der Waals surface area contributed by atoms with Crippen LogP contribution >= 0.6 is 22.7 Å². The molecule has 4 heterocycles. The van der Waals surface area contributed by atoms with Crippen LogP contribution in [0, 0.1) is 0 Å². The lowest BCUT2D eigenvalue weighted by atomic mass is 10.1. The van der Waals surface area contributed by atoms with Gasteiger partial charge in [0.2, 0.25) is 5.91 Å². The predicted molar refractivity (Wildman–Crippen MR) is 95.9 cm³/mol. The van der Waals surface area contributed by atoms with Crippen LogP contribution in [0.5, 0.6) is 0 Å². The summed E-state index contributed by atoms with van der Waals surface area (Å²) in [4.78, 5) is 20.1. The molecule has 1 saturated heterocycles. The minimum atomic E-state index is 0.318. The van der Waals surface area contributed by atoms with Gasteiger partial charge in [0.25, 0.3) is 0 Å². The third-order valence-electron chi connectivity index (χ3n) is 5.01. The monoisotopic (exact) mass is 346 g/mol. The Labute approximate surface area is 145 Å².